The van der Waals surface area contributed by atoms with Crippen molar-refractivity contribution < 1.29 is 9.18 Å². The van der Waals surface area contributed by atoms with Gasteiger partial charge in [0.25, 0.3) is 0 Å². The molecule has 0 saturated carbocycles. The van der Waals surface area contributed by atoms with Gasteiger partial charge in [0.15, 0.2) is 0 Å². The van der Waals surface area contributed by atoms with E-state index >= 15 is 0 Å². The molecule has 2 heterocycles. The molecule has 1 aromatic rings. The van der Waals surface area contributed by atoms with Crippen LogP contribution in [0.5, 0.6) is 0 Å². The molecule has 2 unspecified atom stereocenters. The molecule has 4 heteroatoms. The quantitative estimate of drug-likeness (QED) is 0.795. The summed E-state index contributed by atoms with van der Waals surface area (Å²) in [5.41, 5.74) is 0.483. The monoisotopic (exact) mass is 290 g/mol. The number of nitrogens with zero attached hydrogens (tertiary/aromatic N) is 2. The highest BCUT2D eigenvalue weighted by Gasteiger charge is 2.52. The van der Waals surface area contributed by atoms with Crippen LogP contribution in [0.25, 0.3) is 0 Å². The average Bonchev–Trinajstić information content (AvgIpc) is 2.90. The molecule has 0 aromatic heterocycles. The van der Waals surface area contributed by atoms with Gasteiger partial charge >= 0.3 is 0 Å². The van der Waals surface area contributed by atoms with Gasteiger partial charge in [-0.15, -0.1) is 6.58 Å². The van der Waals surface area contributed by atoms with E-state index in [1.165, 1.54) is 12.1 Å². The summed E-state index contributed by atoms with van der Waals surface area (Å²) in [6, 6.07) is 6.53. The summed E-state index contributed by atoms with van der Waals surface area (Å²) in [6.45, 7) is 7.30. The van der Waals surface area contributed by atoms with Crippen LogP contribution in [0.1, 0.15) is 38.8 Å². The summed E-state index contributed by atoms with van der Waals surface area (Å²) in [5, 5.41) is 3.93. The van der Waals surface area contributed by atoms with Crippen molar-refractivity contribution in [2.75, 3.05) is 13.1 Å². The van der Waals surface area contributed by atoms with E-state index in [0.29, 0.717) is 6.42 Å². The first kappa shape index (κ1) is 15.7. The summed E-state index contributed by atoms with van der Waals surface area (Å²) in [5.74, 6) is -0.120. The average molecular weight is 290 g/mol. The zero-order valence-electron chi connectivity index (χ0n) is 11.7. The standard InChI is InChI=1S/C16H19FN2O.CH4/c1-3-8-16(2)11-18-9-7-14(19(18)15(16)20)12-5-4-6-13(17)10-12;/h3-6,10,14H,1,7-9,11H2,2H3;1H4. The smallest absolute Gasteiger partial charge is 0.245 e. The Kier molecular flexibility index (Phi) is 4.19. The lowest BCUT2D eigenvalue weighted by molar-refractivity contribution is -0.142. The van der Waals surface area contributed by atoms with Gasteiger partial charge in [-0.05, 0) is 37.5 Å². The number of rotatable bonds is 3. The van der Waals surface area contributed by atoms with Crippen LogP contribution in [0.3, 0.4) is 0 Å². The second-order valence-corrected chi connectivity index (χ2v) is 5.95. The first-order valence-corrected chi connectivity index (χ1v) is 7.00. The van der Waals surface area contributed by atoms with Crippen LogP contribution in [0.2, 0.25) is 0 Å². The number of hydrogen-bond acceptors (Lipinski definition) is 2. The Hall–Kier alpha value is -1.68. The second-order valence-electron chi connectivity index (χ2n) is 5.95. The number of benzene rings is 1. The van der Waals surface area contributed by atoms with E-state index in [2.05, 4.69) is 11.6 Å². The van der Waals surface area contributed by atoms with Crippen LogP contribution in [0, 0.1) is 11.2 Å². The van der Waals surface area contributed by atoms with Gasteiger partial charge in [0.05, 0.1) is 11.5 Å². The van der Waals surface area contributed by atoms with Crippen molar-refractivity contribution in [1.29, 1.82) is 0 Å². The van der Waals surface area contributed by atoms with Crippen molar-refractivity contribution >= 4 is 5.91 Å². The van der Waals surface area contributed by atoms with Gasteiger partial charge in [-0.3, -0.25) is 9.80 Å². The summed E-state index contributed by atoms with van der Waals surface area (Å²) >= 11 is 0. The van der Waals surface area contributed by atoms with E-state index in [1.807, 2.05) is 18.0 Å². The molecule has 2 aliphatic heterocycles. The zero-order valence-corrected chi connectivity index (χ0v) is 11.7. The molecule has 0 N–H and O–H groups in total. The van der Waals surface area contributed by atoms with Gasteiger partial charge in [-0.2, -0.15) is 0 Å². The van der Waals surface area contributed by atoms with Gasteiger partial charge in [0, 0.05) is 13.1 Å². The van der Waals surface area contributed by atoms with Crippen molar-refractivity contribution in [3.8, 4) is 0 Å². The molecule has 0 aliphatic carbocycles. The van der Waals surface area contributed by atoms with E-state index in [-0.39, 0.29) is 25.2 Å². The molecule has 1 aromatic carbocycles. The van der Waals surface area contributed by atoms with Crippen LogP contribution in [-0.4, -0.2) is 29.0 Å². The first-order chi connectivity index (χ1) is 9.55. The van der Waals surface area contributed by atoms with E-state index in [9.17, 15) is 9.18 Å². The Morgan fingerprint density at radius 2 is 2.29 bits per heavy atom. The fourth-order valence-corrected chi connectivity index (χ4v) is 3.36. The largest absolute Gasteiger partial charge is 0.273 e. The number of halogens is 1. The Labute approximate surface area is 126 Å². The molecule has 2 aliphatic rings. The summed E-state index contributed by atoms with van der Waals surface area (Å²) in [4.78, 5) is 12.7. The third-order valence-corrected chi connectivity index (χ3v) is 4.34. The van der Waals surface area contributed by atoms with E-state index < -0.39 is 5.41 Å². The molecule has 114 valence electrons. The molecule has 2 fully saturated rings. The van der Waals surface area contributed by atoms with Gasteiger partial charge in [0.1, 0.15) is 5.82 Å². The Balaban J connectivity index is 0.00000161. The van der Waals surface area contributed by atoms with Crippen LogP contribution < -0.4 is 0 Å². The Morgan fingerprint density at radius 1 is 1.52 bits per heavy atom. The van der Waals surface area contributed by atoms with Crippen molar-refractivity contribution in [2.24, 2.45) is 5.41 Å². The number of amides is 1. The predicted octanol–water partition coefficient (Wildman–Crippen LogP) is 3.55. The molecule has 0 bridgehead atoms. The minimum absolute atomic E-state index is 0. The van der Waals surface area contributed by atoms with Crippen LogP contribution >= 0.6 is 0 Å². The number of hydrogen-bond donors (Lipinski definition) is 0. The second kappa shape index (κ2) is 5.60. The van der Waals surface area contributed by atoms with Crippen LogP contribution in [-0.2, 0) is 4.79 Å². The highest BCUT2D eigenvalue weighted by atomic mass is 19.1. The maximum atomic E-state index is 13.4. The first-order valence-electron chi connectivity index (χ1n) is 7.00. The highest BCUT2D eigenvalue weighted by molar-refractivity contribution is 5.85. The third-order valence-electron chi connectivity index (χ3n) is 4.34. The molecular formula is C17H23FN2O. The van der Waals surface area contributed by atoms with E-state index in [0.717, 1.165) is 25.1 Å². The lowest BCUT2D eigenvalue weighted by atomic mass is 9.86. The predicted molar refractivity (Wildman–Crippen MR) is 81.8 cm³/mol. The number of carbonyl (C=O) groups is 1. The molecule has 3 rings (SSSR count). The normalized spacial score (nSPS) is 28.4. The zero-order chi connectivity index (χ0) is 14.3. The van der Waals surface area contributed by atoms with Gasteiger partial charge < -0.3 is 0 Å². The molecule has 2 saturated heterocycles. The fourth-order valence-electron chi connectivity index (χ4n) is 3.36. The molecule has 2 atom stereocenters. The van der Waals surface area contributed by atoms with Crippen molar-refractivity contribution in [3.63, 3.8) is 0 Å². The van der Waals surface area contributed by atoms with Crippen molar-refractivity contribution in [2.45, 2.75) is 33.2 Å². The minimum Gasteiger partial charge on any atom is -0.273 e. The molecule has 3 nitrogen and oxygen atoms in total. The van der Waals surface area contributed by atoms with Gasteiger partial charge in [-0.25, -0.2) is 9.40 Å². The number of fused-ring (bicyclic) bond motifs is 1. The summed E-state index contributed by atoms with van der Waals surface area (Å²) in [7, 11) is 0. The molecule has 0 radical (unpaired) electrons. The number of allylic oxidation sites excluding steroid dienone is 1. The molecule has 0 spiro atoms. The van der Waals surface area contributed by atoms with Gasteiger partial charge in [-0.1, -0.05) is 25.6 Å². The van der Waals surface area contributed by atoms with Gasteiger partial charge in [0.2, 0.25) is 5.91 Å². The maximum absolute atomic E-state index is 13.4. The number of carbonyl (C=O) groups excluding carboxylic acids is 1. The topological polar surface area (TPSA) is 23.6 Å². The molecule has 1 amide bonds. The van der Waals surface area contributed by atoms with E-state index in [1.54, 1.807) is 12.1 Å². The summed E-state index contributed by atoms with van der Waals surface area (Å²) < 4.78 is 13.4. The summed E-state index contributed by atoms with van der Waals surface area (Å²) in [6.07, 6.45) is 3.34. The Bertz CT molecular complexity index is 559. The van der Waals surface area contributed by atoms with Crippen molar-refractivity contribution in [3.05, 3.63) is 48.3 Å². The van der Waals surface area contributed by atoms with Crippen molar-refractivity contribution in [1.82, 2.24) is 10.0 Å². The van der Waals surface area contributed by atoms with Crippen LogP contribution in [0.15, 0.2) is 36.9 Å². The van der Waals surface area contributed by atoms with E-state index in [4.69, 9.17) is 0 Å². The lowest BCUT2D eigenvalue weighted by Gasteiger charge is -2.26. The molecule has 21 heavy (non-hydrogen) atoms. The number of hydrazine groups is 1. The molecular weight excluding hydrogens is 267 g/mol. The fraction of sp³-hybridized carbons (Fsp3) is 0.471. The minimum atomic E-state index is -0.395. The maximum Gasteiger partial charge on any atom is 0.245 e. The lowest BCUT2D eigenvalue weighted by Crippen LogP contribution is -2.36. The highest BCUT2D eigenvalue weighted by Crippen LogP contribution is 2.43. The SMILES string of the molecule is C.C=CCC1(C)CN2CCC(c3cccc(F)c3)N2C1=O. The van der Waals surface area contributed by atoms with Crippen LogP contribution in [0.4, 0.5) is 4.39 Å². The Morgan fingerprint density at radius 3 is 2.95 bits per heavy atom. The third kappa shape index (κ3) is 2.48.